The number of carbonyl (C=O) groups excluding carboxylic acids is 1. The van der Waals surface area contributed by atoms with E-state index in [-0.39, 0.29) is 11.3 Å². The minimum Gasteiger partial charge on any atom is -0.478 e. The molecule has 0 aliphatic carbocycles. The molecule has 1 aromatic carbocycles. The number of benzene rings is 1. The van der Waals surface area contributed by atoms with Gasteiger partial charge in [0.15, 0.2) is 9.84 Å². The van der Waals surface area contributed by atoms with Crippen LogP contribution in [0.25, 0.3) is 0 Å². The summed E-state index contributed by atoms with van der Waals surface area (Å²) in [5.41, 5.74) is 0.576. The Bertz CT molecular complexity index is 661. The molecule has 0 unspecified atom stereocenters. The lowest BCUT2D eigenvalue weighted by Crippen LogP contribution is -2.44. The van der Waals surface area contributed by atoms with Crippen LogP contribution in [0.5, 0.6) is 0 Å². The number of aromatic carboxylic acids is 1. The monoisotopic (exact) mass is 299 g/mol. The third kappa shape index (κ3) is 2.98. The van der Waals surface area contributed by atoms with Crippen LogP contribution >= 0.6 is 0 Å². The second-order valence-corrected chi connectivity index (χ2v) is 7.60. The molecule has 0 saturated carbocycles. The first-order chi connectivity index (χ1) is 8.98. The minimum atomic E-state index is -3.63. The normalized spacial score (nSPS) is 12.0. The second-order valence-electron chi connectivity index (χ2n) is 5.04. The molecule has 110 valence electrons. The maximum atomic E-state index is 12.1. The molecule has 0 bridgehead atoms. The second kappa shape index (κ2) is 5.24. The van der Waals surface area contributed by atoms with Crippen LogP contribution in [-0.4, -0.2) is 36.4 Å². The SMILES string of the molecule is Cc1cccc(C(=O)O)c1NC(=O)C(C)(C)S(C)(=O)=O. The lowest BCUT2D eigenvalue weighted by molar-refractivity contribution is -0.117. The molecular formula is C13H17NO5S. The molecule has 1 rings (SSSR count). The van der Waals surface area contributed by atoms with E-state index in [0.717, 1.165) is 6.26 Å². The molecule has 1 amide bonds. The first kappa shape index (κ1) is 16.2. The van der Waals surface area contributed by atoms with Crippen LogP contribution in [0.4, 0.5) is 5.69 Å². The van der Waals surface area contributed by atoms with E-state index in [1.54, 1.807) is 19.1 Å². The zero-order valence-electron chi connectivity index (χ0n) is 11.7. The Labute approximate surface area is 117 Å². The van der Waals surface area contributed by atoms with Crippen molar-refractivity contribution in [3.63, 3.8) is 0 Å². The van der Waals surface area contributed by atoms with Crippen LogP contribution in [-0.2, 0) is 14.6 Å². The fraction of sp³-hybridized carbons (Fsp3) is 0.385. The Balaban J connectivity index is 3.25. The highest BCUT2D eigenvalue weighted by molar-refractivity contribution is 7.92. The molecule has 6 nitrogen and oxygen atoms in total. The number of para-hydroxylation sites is 1. The molecule has 0 aliphatic rings. The fourth-order valence-corrected chi connectivity index (χ4v) is 1.83. The molecule has 0 heterocycles. The van der Waals surface area contributed by atoms with E-state index < -0.39 is 26.5 Å². The van der Waals surface area contributed by atoms with Gasteiger partial charge in [0.25, 0.3) is 0 Å². The number of anilines is 1. The van der Waals surface area contributed by atoms with E-state index in [1.807, 2.05) is 0 Å². The Hall–Kier alpha value is -1.89. The lowest BCUT2D eigenvalue weighted by atomic mass is 10.1. The Morgan fingerprint density at radius 3 is 2.25 bits per heavy atom. The van der Waals surface area contributed by atoms with Gasteiger partial charge in [0.05, 0.1) is 11.3 Å². The number of rotatable bonds is 4. The molecule has 0 radical (unpaired) electrons. The van der Waals surface area contributed by atoms with E-state index >= 15 is 0 Å². The summed E-state index contributed by atoms with van der Waals surface area (Å²) in [6.07, 6.45) is 0.961. The Morgan fingerprint density at radius 1 is 1.25 bits per heavy atom. The van der Waals surface area contributed by atoms with Gasteiger partial charge in [-0.15, -0.1) is 0 Å². The van der Waals surface area contributed by atoms with Gasteiger partial charge in [-0.1, -0.05) is 12.1 Å². The summed E-state index contributed by atoms with van der Waals surface area (Å²) in [5.74, 6) is -1.96. The van der Waals surface area contributed by atoms with Crippen LogP contribution in [0, 0.1) is 6.92 Å². The van der Waals surface area contributed by atoms with E-state index in [1.165, 1.54) is 19.9 Å². The first-order valence-corrected chi connectivity index (χ1v) is 7.71. The highest BCUT2D eigenvalue weighted by Gasteiger charge is 2.39. The van der Waals surface area contributed by atoms with Crippen LogP contribution in [0.3, 0.4) is 0 Å². The van der Waals surface area contributed by atoms with Crippen molar-refractivity contribution in [2.24, 2.45) is 0 Å². The van der Waals surface area contributed by atoms with Gasteiger partial charge >= 0.3 is 5.97 Å². The number of nitrogens with one attached hydrogen (secondary N) is 1. The van der Waals surface area contributed by atoms with Crippen molar-refractivity contribution in [1.29, 1.82) is 0 Å². The van der Waals surface area contributed by atoms with Gasteiger partial charge in [0, 0.05) is 6.26 Å². The highest BCUT2D eigenvalue weighted by Crippen LogP contribution is 2.24. The third-order valence-corrected chi connectivity index (χ3v) is 5.25. The Morgan fingerprint density at radius 2 is 1.80 bits per heavy atom. The number of amides is 1. The maximum absolute atomic E-state index is 12.1. The van der Waals surface area contributed by atoms with E-state index in [9.17, 15) is 18.0 Å². The molecular weight excluding hydrogens is 282 g/mol. The van der Waals surface area contributed by atoms with E-state index in [0.29, 0.717) is 5.56 Å². The smallest absolute Gasteiger partial charge is 0.337 e. The van der Waals surface area contributed by atoms with E-state index in [4.69, 9.17) is 5.11 Å². The Kier molecular flexibility index (Phi) is 4.24. The van der Waals surface area contributed by atoms with Crippen molar-refractivity contribution < 1.29 is 23.1 Å². The fourth-order valence-electron chi connectivity index (χ4n) is 1.44. The average molecular weight is 299 g/mol. The van der Waals surface area contributed by atoms with Gasteiger partial charge in [-0.25, -0.2) is 13.2 Å². The summed E-state index contributed by atoms with van der Waals surface area (Å²) in [5, 5.41) is 11.5. The minimum absolute atomic E-state index is 0.0809. The predicted octanol–water partition coefficient (Wildman–Crippen LogP) is 1.45. The molecule has 2 N–H and O–H groups in total. The van der Waals surface area contributed by atoms with Crippen LogP contribution in [0.2, 0.25) is 0 Å². The third-order valence-electron chi connectivity index (χ3n) is 3.22. The quantitative estimate of drug-likeness (QED) is 0.876. The summed E-state index contributed by atoms with van der Waals surface area (Å²) in [6.45, 7) is 4.18. The van der Waals surface area contributed by atoms with Crippen molar-refractivity contribution in [2.75, 3.05) is 11.6 Å². The number of carboxylic acid groups (broad SMARTS) is 1. The summed E-state index contributed by atoms with van der Waals surface area (Å²) in [7, 11) is -3.63. The highest BCUT2D eigenvalue weighted by atomic mass is 32.2. The van der Waals surface area contributed by atoms with Crippen molar-refractivity contribution in [1.82, 2.24) is 0 Å². The van der Waals surface area contributed by atoms with Gasteiger partial charge in [0.2, 0.25) is 5.91 Å². The largest absolute Gasteiger partial charge is 0.478 e. The molecule has 0 aromatic heterocycles. The lowest BCUT2D eigenvalue weighted by Gasteiger charge is -2.22. The van der Waals surface area contributed by atoms with Crippen molar-refractivity contribution in [3.8, 4) is 0 Å². The molecule has 0 atom stereocenters. The number of hydrogen-bond acceptors (Lipinski definition) is 4. The van der Waals surface area contributed by atoms with Crippen molar-refractivity contribution in [3.05, 3.63) is 29.3 Å². The number of aryl methyl sites for hydroxylation is 1. The number of carboxylic acids is 1. The standard InChI is InChI=1S/C13H17NO5S/c1-8-6-5-7-9(11(15)16)10(8)14-12(17)13(2,3)20(4,18)19/h5-7H,1-4H3,(H,14,17)(H,15,16). The maximum Gasteiger partial charge on any atom is 0.337 e. The van der Waals surface area contributed by atoms with Gasteiger partial charge < -0.3 is 10.4 Å². The van der Waals surface area contributed by atoms with Gasteiger partial charge in [-0.3, -0.25) is 4.79 Å². The molecule has 0 aliphatic heterocycles. The van der Waals surface area contributed by atoms with E-state index in [2.05, 4.69) is 5.32 Å². The summed E-state index contributed by atoms with van der Waals surface area (Å²) in [6, 6.07) is 4.53. The molecule has 0 spiro atoms. The van der Waals surface area contributed by atoms with Crippen LogP contribution in [0.1, 0.15) is 29.8 Å². The average Bonchev–Trinajstić information content (AvgIpc) is 2.29. The number of hydrogen-bond donors (Lipinski definition) is 2. The van der Waals surface area contributed by atoms with Crippen LogP contribution in [0.15, 0.2) is 18.2 Å². The summed E-state index contributed by atoms with van der Waals surface area (Å²) < 4.78 is 21.6. The molecule has 0 saturated heterocycles. The number of sulfone groups is 1. The molecule has 20 heavy (non-hydrogen) atoms. The van der Waals surface area contributed by atoms with Gasteiger partial charge in [-0.2, -0.15) is 0 Å². The number of carbonyl (C=O) groups is 2. The first-order valence-electron chi connectivity index (χ1n) is 5.82. The van der Waals surface area contributed by atoms with Crippen molar-refractivity contribution in [2.45, 2.75) is 25.5 Å². The summed E-state index contributed by atoms with van der Waals surface area (Å²) in [4.78, 5) is 23.3. The zero-order valence-corrected chi connectivity index (χ0v) is 12.5. The molecule has 7 heteroatoms. The van der Waals surface area contributed by atoms with Gasteiger partial charge in [0.1, 0.15) is 4.75 Å². The van der Waals surface area contributed by atoms with Gasteiger partial charge in [-0.05, 0) is 32.4 Å². The molecule has 0 fully saturated rings. The molecule has 1 aromatic rings. The van der Waals surface area contributed by atoms with Crippen LogP contribution < -0.4 is 5.32 Å². The topological polar surface area (TPSA) is 101 Å². The zero-order chi connectivity index (χ0) is 15.7. The van der Waals surface area contributed by atoms with Crippen molar-refractivity contribution >= 4 is 27.4 Å². The summed E-state index contributed by atoms with van der Waals surface area (Å²) >= 11 is 0. The predicted molar refractivity (Wildman–Crippen MR) is 75.7 cm³/mol.